The normalized spacial score (nSPS) is 26.3. The topological polar surface area (TPSA) is 63.5 Å². The molecule has 7 heteroatoms. The maximum atomic E-state index is 12.9. The Bertz CT molecular complexity index is 596. The Kier molecular flexibility index (Phi) is 4.30. The van der Waals surface area contributed by atoms with Gasteiger partial charge in [-0.05, 0) is 38.5 Å². The molecule has 4 rings (SSSR count). The standard InChI is InChI=1S/C17H27N5O2/c1-12(13-3-4-13)22(14-5-6-14)16(23)10-21-7-8-24-15(9-21)17-19-18-11-20(17)2/h11-15H,3-10H2,1-2H3. The highest BCUT2D eigenvalue weighted by Gasteiger charge is 2.42. The molecule has 24 heavy (non-hydrogen) atoms. The SMILES string of the molecule is CC(C1CC1)N(C(=O)CN1CCOC(c2nncn2C)C1)C1CC1. The second kappa shape index (κ2) is 6.44. The molecular weight excluding hydrogens is 306 g/mol. The van der Waals surface area contributed by atoms with Crippen LogP contribution < -0.4 is 0 Å². The van der Waals surface area contributed by atoms with E-state index in [9.17, 15) is 4.79 Å². The number of hydrogen-bond acceptors (Lipinski definition) is 5. The van der Waals surface area contributed by atoms with Gasteiger partial charge in [0.15, 0.2) is 5.82 Å². The van der Waals surface area contributed by atoms with Crippen molar-refractivity contribution >= 4 is 5.91 Å². The summed E-state index contributed by atoms with van der Waals surface area (Å²) in [6, 6.07) is 0.893. The van der Waals surface area contributed by atoms with E-state index in [1.807, 2.05) is 11.6 Å². The summed E-state index contributed by atoms with van der Waals surface area (Å²) in [7, 11) is 1.93. The van der Waals surface area contributed by atoms with E-state index in [1.165, 1.54) is 25.7 Å². The molecule has 1 amide bonds. The number of aromatic nitrogens is 3. The molecule has 0 bridgehead atoms. The van der Waals surface area contributed by atoms with Crippen molar-refractivity contribution in [1.82, 2.24) is 24.6 Å². The van der Waals surface area contributed by atoms with Crippen molar-refractivity contribution in [2.45, 2.75) is 50.8 Å². The van der Waals surface area contributed by atoms with Gasteiger partial charge in [0, 0.05) is 32.2 Å². The van der Waals surface area contributed by atoms with Crippen LogP contribution in [0.5, 0.6) is 0 Å². The van der Waals surface area contributed by atoms with Crippen molar-refractivity contribution in [2.75, 3.05) is 26.2 Å². The lowest BCUT2D eigenvalue weighted by molar-refractivity contribution is -0.137. The molecule has 1 saturated heterocycles. The molecule has 1 aliphatic heterocycles. The summed E-state index contributed by atoms with van der Waals surface area (Å²) in [6.45, 7) is 4.86. The Labute approximate surface area is 143 Å². The van der Waals surface area contributed by atoms with Gasteiger partial charge < -0.3 is 14.2 Å². The second-order valence-corrected chi connectivity index (χ2v) is 7.50. The lowest BCUT2D eigenvalue weighted by Crippen LogP contribution is -2.49. The second-order valence-electron chi connectivity index (χ2n) is 7.50. The van der Waals surface area contributed by atoms with Crippen molar-refractivity contribution < 1.29 is 9.53 Å². The molecular formula is C17H27N5O2. The van der Waals surface area contributed by atoms with Crippen LogP contribution >= 0.6 is 0 Å². The van der Waals surface area contributed by atoms with Gasteiger partial charge in [-0.2, -0.15) is 0 Å². The number of nitrogens with zero attached hydrogens (tertiary/aromatic N) is 5. The van der Waals surface area contributed by atoms with Crippen LogP contribution in [0.25, 0.3) is 0 Å². The number of amides is 1. The minimum atomic E-state index is -0.103. The smallest absolute Gasteiger partial charge is 0.237 e. The fraction of sp³-hybridized carbons (Fsp3) is 0.824. The number of rotatable bonds is 6. The summed E-state index contributed by atoms with van der Waals surface area (Å²) >= 11 is 0. The zero-order chi connectivity index (χ0) is 16.7. The van der Waals surface area contributed by atoms with Gasteiger partial charge in [0.05, 0.1) is 13.2 Å². The van der Waals surface area contributed by atoms with E-state index in [0.717, 1.165) is 18.3 Å². The summed E-state index contributed by atoms with van der Waals surface area (Å²) in [5.74, 6) is 1.85. The van der Waals surface area contributed by atoms with Crippen molar-refractivity contribution in [2.24, 2.45) is 13.0 Å². The number of ether oxygens (including phenoxy) is 1. The Balaban J connectivity index is 1.38. The van der Waals surface area contributed by atoms with Crippen LogP contribution in [0.1, 0.15) is 44.5 Å². The minimum absolute atomic E-state index is 0.103. The van der Waals surface area contributed by atoms with Crippen LogP contribution in [-0.4, -0.2) is 68.8 Å². The highest BCUT2D eigenvalue weighted by Crippen LogP contribution is 2.39. The van der Waals surface area contributed by atoms with Gasteiger partial charge in [0.2, 0.25) is 5.91 Å². The van der Waals surface area contributed by atoms with Gasteiger partial charge in [-0.3, -0.25) is 9.69 Å². The van der Waals surface area contributed by atoms with Gasteiger partial charge in [-0.15, -0.1) is 10.2 Å². The Morgan fingerprint density at radius 3 is 2.83 bits per heavy atom. The minimum Gasteiger partial charge on any atom is -0.368 e. The molecule has 0 radical (unpaired) electrons. The summed E-state index contributed by atoms with van der Waals surface area (Å²) in [6.07, 6.45) is 6.50. The molecule has 1 aromatic heterocycles. The Hall–Kier alpha value is -1.47. The third-order valence-electron chi connectivity index (χ3n) is 5.52. The first-order valence-electron chi connectivity index (χ1n) is 9.12. The van der Waals surface area contributed by atoms with E-state index in [2.05, 4.69) is 26.9 Å². The number of morpholine rings is 1. The van der Waals surface area contributed by atoms with Gasteiger partial charge in [-0.1, -0.05) is 0 Å². The molecule has 0 spiro atoms. The van der Waals surface area contributed by atoms with Crippen LogP contribution in [0.2, 0.25) is 0 Å². The summed E-state index contributed by atoms with van der Waals surface area (Å²) < 4.78 is 7.73. The summed E-state index contributed by atoms with van der Waals surface area (Å²) in [5.41, 5.74) is 0. The monoisotopic (exact) mass is 333 g/mol. The summed E-state index contributed by atoms with van der Waals surface area (Å²) in [4.78, 5) is 17.3. The van der Waals surface area contributed by atoms with Gasteiger partial charge >= 0.3 is 0 Å². The van der Waals surface area contributed by atoms with Crippen LogP contribution in [0.4, 0.5) is 0 Å². The number of aryl methyl sites for hydroxylation is 1. The third kappa shape index (κ3) is 3.32. The zero-order valence-corrected chi connectivity index (χ0v) is 14.6. The lowest BCUT2D eigenvalue weighted by Gasteiger charge is -2.35. The fourth-order valence-electron chi connectivity index (χ4n) is 3.78. The van der Waals surface area contributed by atoms with Crippen LogP contribution in [0.15, 0.2) is 6.33 Å². The molecule has 132 valence electrons. The van der Waals surface area contributed by atoms with Crippen molar-refractivity contribution in [3.05, 3.63) is 12.2 Å². The average Bonchev–Trinajstić information content (AvgIpc) is 3.46. The van der Waals surface area contributed by atoms with E-state index < -0.39 is 0 Å². The first-order valence-corrected chi connectivity index (χ1v) is 9.12. The van der Waals surface area contributed by atoms with Gasteiger partial charge in [0.25, 0.3) is 0 Å². The van der Waals surface area contributed by atoms with E-state index >= 15 is 0 Å². The summed E-state index contributed by atoms with van der Waals surface area (Å²) in [5, 5.41) is 8.08. The van der Waals surface area contributed by atoms with Crippen LogP contribution in [-0.2, 0) is 16.6 Å². The molecule has 7 nitrogen and oxygen atoms in total. The molecule has 0 N–H and O–H groups in total. The maximum Gasteiger partial charge on any atom is 0.237 e. The molecule has 2 saturated carbocycles. The number of hydrogen-bond donors (Lipinski definition) is 0. The third-order valence-corrected chi connectivity index (χ3v) is 5.52. The predicted octanol–water partition coefficient (Wildman–Crippen LogP) is 0.978. The van der Waals surface area contributed by atoms with E-state index in [4.69, 9.17) is 4.74 Å². The highest BCUT2D eigenvalue weighted by molar-refractivity contribution is 5.79. The quantitative estimate of drug-likeness (QED) is 0.776. The highest BCUT2D eigenvalue weighted by atomic mass is 16.5. The number of carbonyl (C=O) groups excluding carboxylic acids is 1. The van der Waals surface area contributed by atoms with Crippen LogP contribution in [0.3, 0.4) is 0 Å². The maximum absolute atomic E-state index is 12.9. The fourth-order valence-corrected chi connectivity index (χ4v) is 3.78. The van der Waals surface area contributed by atoms with Crippen molar-refractivity contribution in [3.63, 3.8) is 0 Å². The van der Waals surface area contributed by atoms with E-state index in [-0.39, 0.29) is 12.0 Å². The van der Waals surface area contributed by atoms with E-state index in [1.54, 1.807) is 6.33 Å². The average molecular weight is 333 g/mol. The van der Waals surface area contributed by atoms with Crippen LogP contribution in [0, 0.1) is 5.92 Å². The molecule has 3 fully saturated rings. The lowest BCUT2D eigenvalue weighted by atomic mass is 10.1. The van der Waals surface area contributed by atoms with Crippen molar-refractivity contribution in [3.8, 4) is 0 Å². The van der Waals surface area contributed by atoms with Gasteiger partial charge in [0.1, 0.15) is 12.4 Å². The first kappa shape index (κ1) is 16.0. The molecule has 0 aromatic carbocycles. The largest absolute Gasteiger partial charge is 0.368 e. The molecule has 3 aliphatic rings. The Morgan fingerprint density at radius 2 is 2.21 bits per heavy atom. The molecule has 2 heterocycles. The predicted molar refractivity (Wildman–Crippen MR) is 88.2 cm³/mol. The van der Waals surface area contributed by atoms with Crippen molar-refractivity contribution in [1.29, 1.82) is 0 Å². The zero-order valence-electron chi connectivity index (χ0n) is 14.6. The first-order chi connectivity index (χ1) is 11.6. The molecule has 1 aromatic rings. The molecule has 2 unspecified atom stereocenters. The number of carbonyl (C=O) groups is 1. The molecule has 2 atom stereocenters. The van der Waals surface area contributed by atoms with E-state index in [0.29, 0.717) is 31.8 Å². The molecule has 2 aliphatic carbocycles. The van der Waals surface area contributed by atoms with Gasteiger partial charge in [-0.25, -0.2) is 0 Å². The Morgan fingerprint density at radius 1 is 1.42 bits per heavy atom.